The van der Waals surface area contributed by atoms with Gasteiger partial charge in [0, 0.05) is 12.3 Å². The van der Waals surface area contributed by atoms with Gasteiger partial charge in [-0.3, -0.25) is 4.98 Å². The Hall–Kier alpha value is -0.960. The van der Waals surface area contributed by atoms with E-state index in [0.29, 0.717) is 18.9 Å². The van der Waals surface area contributed by atoms with Crippen LogP contribution < -0.4 is 0 Å². The number of nitrogens with zero attached hydrogens (tertiary/aromatic N) is 1. The molecule has 1 aliphatic heterocycles. The minimum Gasteiger partial charge on any atom is -0.380 e. The molecule has 1 saturated heterocycles. The first-order valence-electron chi connectivity index (χ1n) is 3.48. The van der Waals surface area contributed by atoms with Crippen molar-refractivity contribution >= 4 is 0 Å². The molecule has 11 heavy (non-hydrogen) atoms. The molecule has 3 heteroatoms. The third kappa shape index (κ3) is 1.12. The van der Waals surface area contributed by atoms with Gasteiger partial charge in [-0.15, -0.1) is 0 Å². The second kappa shape index (κ2) is 2.58. The van der Waals surface area contributed by atoms with E-state index in [-0.39, 0.29) is 11.7 Å². The Labute approximate surface area is 64.0 Å². The summed E-state index contributed by atoms with van der Waals surface area (Å²) in [4.78, 5) is 3.91. The molecule has 0 atom stereocenters. The highest BCUT2D eigenvalue weighted by Crippen LogP contribution is 2.23. The molecule has 2 heterocycles. The predicted molar refractivity (Wildman–Crippen MR) is 36.6 cm³/mol. The van der Waals surface area contributed by atoms with Crippen molar-refractivity contribution in [3.63, 3.8) is 0 Å². The summed E-state index contributed by atoms with van der Waals surface area (Å²) >= 11 is 0. The summed E-state index contributed by atoms with van der Waals surface area (Å²) in [7, 11) is 0. The summed E-state index contributed by atoms with van der Waals surface area (Å²) in [6.07, 6.45) is 1.55. The first-order chi connectivity index (χ1) is 5.38. The Morgan fingerprint density at radius 1 is 1.64 bits per heavy atom. The fraction of sp³-hybridized carbons (Fsp3) is 0.375. The maximum Gasteiger partial charge on any atom is 0.153 e. The minimum absolute atomic E-state index is 0.146. The maximum atomic E-state index is 12.9. The fourth-order valence-corrected chi connectivity index (χ4v) is 1.04. The Kier molecular flexibility index (Phi) is 1.58. The van der Waals surface area contributed by atoms with E-state index in [1.165, 1.54) is 6.07 Å². The Balaban J connectivity index is 2.28. The summed E-state index contributed by atoms with van der Waals surface area (Å²) < 4.78 is 17.8. The number of pyridine rings is 1. The number of aromatic nitrogens is 1. The first kappa shape index (κ1) is 6.73. The third-order valence-electron chi connectivity index (χ3n) is 1.75. The van der Waals surface area contributed by atoms with Crippen LogP contribution in [0.25, 0.3) is 0 Å². The van der Waals surface area contributed by atoms with Crippen molar-refractivity contribution in [2.45, 2.75) is 5.92 Å². The zero-order chi connectivity index (χ0) is 7.68. The molecule has 0 unspecified atom stereocenters. The van der Waals surface area contributed by atoms with E-state index in [9.17, 15) is 4.39 Å². The van der Waals surface area contributed by atoms with Crippen LogP contribution in [0.1, 0.15) is 11.6 Å². The van der Waals surface area contributed by atoms with Crippen LogP contribution in [0.2, 0.25) is 0 Å². The van der Waals surface area contributed by atoms with Gasteiger partial charge in [0.05, 0.1) is 24.8 Å². The van der Waals surface area contributed by atoms with E-state index in [4.69, 9.17) is 4.74 Å². The van der Waals surface area contributed by atoms with E-state index in [1.54, 1.807) is 6.20 Å². The lowest BCUT2D eigenvalue weighted by Gasteiger charge is -2.25. The van der Waals surface area contributed by atoms with Crippen LogP contribution >= 0.6 is 0 Å². The molecule has 0 aliphatic carbocycles. The van der Waals surface area contributed by atoms with Gasteiger partial charge in [0.15, 0.2) is 5.82 Å². The molecule has 0 saturated carbocycles. The molecule has 1 radical (unpaired) electrons. The lowest BCUT2D eigenvalue weighted by molar-refractivity contribution is 0.00517. The molecule has 1 aromatic heterocycles. The minimum atomic E-state index is -0.346. The number of hydrogen-bond donors (Lipinski definition) is 0. The van der Waals surface area contributed by atoms with E-state index in [1.807, 2.05) is 0 Å². The van der Waals surface area contributed by atoms with Crippen LogP contribution in [0.4, 0.5) is 4.39 Å². The molecule has 0 bridgehead atoms. The average molecular weight is 152 g/mol. The fourth-order valence-electron chi connectivity index (χ4n) is 1.04. The van der Waals surface area contributed by atoms with Crippen molar-refractivity contribution in [1.82, 2.24) is 4.98 Å². The van der Waals surface area contributed by atoms with Crippen LogP contribution in [0, 0.1) is 11.9 Å². The van der Waals surface area contributed by atoms with E-state index >= 15 is 0 Å². The quantitative estimate of drug-likeness (QED) is 0.602. The van der Waals surface area contributed by atoms with Crippen LogP contribution in [-0.4, -0.2) is 18.2 Å². The molecular weight excluding hydrogens is 145 g/mol. The molecule has 0 N–H and O–H groups in total. The lowest BCUT2D eigenvalue weighted by Crippen LogP contribution is -2.26. The van der Waals surface area contributed by atoms with Crippen LogP contribution in [0.15, 0.2) is 12.3 Å². The summed E-state index contributed by atoms with van der Waals surface area (Å²) in [5, 5.41) is 0. The second-order valence-corrected chi connectivity index (χ2v) is 2.52. The summed E-state index contributed by atoms with van der Waals surface area (Å²) in [5.41, 5.74) is 0.485. The predicted octanol–water partition coefficient (Wildman–Crippen LogP) is 1.13. The molecule has 2 rings (SSSR count). The molecule has 1 fully saturated rings. The maximum absolute atomic E-state index is 12.9. The third-order valence-corrected chi connectivity index (χ3v) is 1.75. The van der Waals surface area contributed by atoms with Crippen molar-refractivity contribution in [1.29, 1.82) is 0 Å². The van der Waals surface area contributed by atoms with Gasteiger partial charge in [0.1, 0.15) is 0 Å². The zero-order valence-corrected chi connectivity index (χ0v) is 5.88. The average Bonchev–Trinajstić information content (AvgIpc) is 1.90. The summed E-state index contributed by atoms with van der Waals surface area (Å²) in [6, 6.07) is 3.93. The van der Waals surface area contributed by atoms with Gasteiger partial charge in [-0.05, 0) is 6.07 Å². The second-order valence-electron chi connectivity index (χ2n) is 2.52. The van der Waals surface area contributed by atoms with Crippen molar-refractivity contribution < 1.29 is 9.13 Å². The number of ether oxygens (including phenoxy) is 1. The van der Waals surface area contributed by atoms with Crippen molar-refractivity contribution in [2.24, 2.45) is 0 Å². The number of rotatable bonds is 1. The zero-order valence-electron chi connectivity index (χ0n) is 5.88. The standard InChI is InChI=1S/C8H7FNO/c9-7-2-1-3-10-8(7)6-4-11-5-6/h1,3,6H,4-5H2. The van der Waals surface area contributed by atoms with Crippen molar-refractivity contribution in [3.05, 3.63) is 29.8 Å². The van der Waals surface area contributed by atoms with Crippen molar-refractivity contribution in [2.75, 3.05) is 13.2 Å². The highest BCUT2D eigenvalue weighted by atomic mass is 19.1. The Morgan fingerprint density at radius 2 is 2.45 bits per heavy atom. The number of halogens is 1. The molecule has 57 valence electrons. The molecule has 1 aromatic rings. The summed E-state index contributed by atoms with van der Waals surface area (Å²) in [5.74, 6) is -0.201. The van der Waals surface area contributed by atoms with Crippen LogP contribution in [-0.2, 0) is 4.74 Å². The number of hydrogen-bond acceptors (Lipinski definition) is 2. The van der Waals surface area contributed by atoms with Gasteiger partial charge >= 0.3 is 0 Å². The van der Waals surface area contributed by atoms with E-state index in [0.717, 1.165) is 0 Å². The highest BCUT2D eigenvalue weighted by molar-refractivity contribution is 5.13. The molecule has 1 aliphatic rings. The normalized spacial score (nSPS) is 17.9. The van der Waals surface area contributed by atoms with E-state index in [2.05, 4.69) is 11.1 Å². The molecule has 0 aromatic carbocycles. The highest BCUT2D eigenvalue weighted by Gasteiger charge is 2.24. The van der Waals surface area contributed by atoms with Crippen molar-refractivity contribution in [3.8, 4) is 0 Å². The molecule has 0 amide bonds. The molecular formula is C8H7FNO. The van der Waals surface area contributed by atoms with E-state index < -0.39 is 0 Å². The van der Waals surface area contributed by atoms with Gasteiger partial charge in [-0.1, -0.05) is 0 Å². The Bertz CT molecular complexity index is 260. The monoisotopic (exact) mass is 152 g/mol. The van der Waals surface area contributed by atoms with Gasteiger partial charge in [0.25, 0.3) is 0 Å². The van der Waals surface area contributed by atoms with Crippen LogP contribution in [0.5, 0.6) is 0 Å². The smallest absolute Gasteiger partial charge is 0.153 e. The van der Waals surface area contributed by atoms with Gasteiger partial charge in [-0.25, -0.2) is 4.39 Å². The van der Waals surface area contributed by atoms with Crippen LogP contribution in [0.3, 0.4) is 0 Å². The first-order valence-corrected chi connectivity index (χ1v) is 3.48. The topological polar surface area (TPSA) is 22.1 Å². The summed E-state index contributed by atoms with van der Waals surface area (Å²) in [6.45, 7) is 1.17. The molecule has 2 nitrogen and oxygen atoms in total. The largest absolute Gasteiger partial charge is 0.380 e. The Morgan fingerprint density at radius 3 is 3.00 bits per heavy atom. The lowest BCUT2D eigenvalue weighted by atomic mass is 10.0. The van der Waals surface area contributed by atoms with Gasteiger partial charge in [0.2, 0.25) is 0 Å². The van der Waals surface area contributed by atoms with Gasteiger partial charge in [-0.2, -0.15) is 0 Å². The SMILES string of the molecule is Fc1[c]ccnc1C1COC1. The molecule has 0 spiro atoms. The van der Waals surface area contributed by atoms with Gasteiger partial charge < -0.3 is 4.74 Å².